The van der Waals surface area contributed by atoms with Crippen LogP contribution >= 0.6 is 0 Å². The Morgan fingerprint density at radius 1 is 1.32 bits per heavy atom. The highest BCUT2D eigenvalue weighted by atomic mass is 16.4. The van der Waals surface area contributed by atoms with Gasteiger partial charge in [0.15, 0.2) is 0 Å². The second-order valence-electron chi connectivity index (χ2n) is 6.91. The summed E-state index contributed by atoms with van der Waals surface area (Å²) in [6.07, 6.45) is 6.47. The maximum atomic E-state index is 13.2. The van der Waals surface area contributed by atoms with Crippen LogP contribution in [-0.4, -0.2) is 26.0 Å². The Morgan fingerprint density at radius 3 is 2.84 bits per heavy atom. The van der Waals surface area contributed by atoms with Crippen molar-refractivity contribution in [1.82, 2.24) is 9.13 Å². The summed E-state index contributed by atoms with van der Waals surface area (Å²) in [5, 5.41) is 9.57. The van der Waals surface area contributed by atoms with Crippen molar-refractivity contribution in [3.05, 3.63) is 47.0 Å². The SMILES string of the molecule is CCCCn1cccc1C(=O)c1c(C)cc2n1CCCCC2C(=O)O. The van der Waals surface area contributed by atoms with Crippen molar-refractivity contribution in [2.24, 2.45) is 0 Å². The number of nitrogens with zero attached hydrogens (tertiary/aromatic N) is 2. The van der Waals surface area contributed by atoms with Gasteiger partial charge in [-0.15, -0.1) is 0 Å². The van der Waals surface area contributed by atoms with Crippen molar-refractivity contribution in [2.75, 3.05) is 0 Å². The highest BCUT2D eigenvalue weighted by molar-refractivity contribution is 6.08. The number of fused-ring (bicyclic) bond motifs is 1. The number of ketones is 1. The second-order valence-corrected chi connectivity index (χ2v) is 6.91. The molecule has 5 nitrogen and oxygen atoms in total. The molecule has 134 valence electrons. The molecule has 25 heavy (non-hydrogen) atoms. The minimum absolute atomic E-state index is 0.00380. The molecule has 0 saturated heterocycles. The smallest absolute Gasteiger partial charge is 0.312 e. The van der Waals surface area contributed by atoms with Gasteiger partial charge in [0.1, 0.15) is 0 Å². The number of aromatic nitrogens is 2. The van der Waals surface area contributed by atoms with Crippen molar-refractivity contribution >= 4 is 11.8 Å². The lowest BCUT2D eigenvalue weighted by Gasteiger charge is -2.14. The average molecular weight is 342 g/mol. The summed E-state index contributed by atoms with van der Waals surface area (Å²) < 4.78 is 3.97. The zero-order chi connectivity index (χ0) is 18.0. The standard InChI is InChI=1S/C20H26N2O3/c1-3-4-10-21-11-7-9-16(21)19(23)18-14(2)13-17-15(20(24)25)8-5-6-12-22(17)18/h7,9,11,13,15H,3-6,8,10,12H2,1-2H3,(H,24,25). The maximum Gasteiger partial charge on any atom is 0.312 e. The van der Waals surface area contributed by atoms with E-state index in [1.807, 2.05) is 40.5 Å². The number of aryl methyl sites for hydroxylation is 2. The van der Waals surface area contributed by atoms with Crippen molar-refractivity contribution in [2.45, 2.75) is 65.0 Å². The van der Waals surface area contributed by atoms with Crippen molar-refractivity contribution in [1.29, 1.82) is 0 Å². The average Bonchev–Trinajstić information content (AvgIpc) is 3.11. The number of aliphatic carboxylic acids is 1. The Morgan fingerprint density at radius 2 is 2.12 bits per heavy atom. The van der Waals surface area contributed by atoms with E-state index in [9.17, 15) is 14.7 Å². The van der Waals surface area contributed by atoms with Gasteiger partial charge in [-0.2, -0.15) is 0 Å². The molecule has 2 aromatic heterocycles. The lowest BCUT2D eigenvalue weighted by molar-refractivity contribution is -0.139. The molecule has 1 atom stereocenters. The molecule has 2 aromatic rings. The Kier molecular flexibility index (Phi) is 5.11. The minimum atomic E-state index is -0.800. The number of carboxylic acids is 1. The fraction of sp³-hybridized carbons (Fsp3) is 0.500. The summed E-state index contributed by atoms with van der Waals surface area (Å²) in [6, 6.07) is 5.67. The molecule has 0 bridgehead atoms. The van der Waals surface area contributed by atoms with Gasteiger partial charge in [0.25, 0.3) is 0 Å². The van der Waals surface area contributed by atoms with Gasteiger partial charge in [-0.3, -0.25) is 9.59 Å². The minimum Gasteiger partial charge on any atom is -0.481 e. The molecule has 0 aliphatic carbocycles. The molecule has 1 N–H and O–H groups in total. The first-order valence-electron chi connectivity index (χ1n) is 9.17. The molecule has 0 fully saturated rings. The van der Waals surface area contributed by atoms with Gasteiger partial charge in [0, 0.05) is 25.0 Å². The van der Waals surface area contributed by atoms with Gasteiger partial charge in [-0.1, -0.05) is 19.8 Å². The molecule has 1 aliphatic rings. The molecular formula is C20H26N2O3. The van der Waals surface area contributed by atoms with E-state index in [1.54, 1.807) is 0 Å². The molecule has 3 heterocycles. The van der Waals surface area contributed by atoms with Crippen LogP contribution in [0.5, 0.6) is 0 Å². The Labute approximate surface area is 148 Å². The van der Waals surface area contributed by atoms with Crippen LogP contribution in [0.3, 0.4) is 0 Å². The molecule has 0 aromatic carbocycles. The third-order valence-electron chi connectivity index (χ3n) is 5.13. The molecule has 1 aliphatic heterocycles. The summed E-state index contributed by atoms with van der Waals surface area (Å²) in [4.78, 5) is 24.9. The number of carbonyl (C=O) groups is 2. The van der Waals surface area contributed by atoms with E-state index >= 15 is 0 Å². The highest BCUT2D eigenvalue weighted by Crippen LogP contribution is 2.32. The van der Waals surface area contributed by atoms with Crippen LogP contribution in [0, 0.1) is 6.92 Å². The first-order valence-corrected chi connectivity index (χ1v) is 9.17. The van der Waals surface area contributed by atoms with Gasteiger partial charge >= 0.3 is 5.97 Å². The molecule has 0 radical (unpaired) electrons. The van der Waals surface area contributed by atoms with Crippen LogP contribution in [0.25, 0.3) is 0 Å². The monoisotopic (exact) mass is 342 g/mol. The molecule has 5 heteroatoms. The molecule has 0 saturated carbocycles. The molecule has 0 spiro atoms. The fourth-order valence-corrected chi connectivity index (χ4v) is 3.82. The normalized spacial score (nSPS) is 17.1. The lowest BCUT2D eigenvalue weighted by Crippen LogP contribution is -2.18. The number of unbranched alkanes of at least 4 members (excludes halogenated alkanes) is 1. The molecule has 3 rings (SSSR count). The van der Waals surface area contributed by atoms with Crippen molar-refractivity contribution < 1.29 is 14.7 Å². The second kappa shape index (κ2) is 7.30. The fourth-order valence-electron chi connectivity index (χ4n) is 3.82. The summed E-state index contributed by atoms with van der Waals surface area (Å²) in [6.45, 7) is 5.58. The van der Waals surface area contributed by atoms with E-state index in [2.05, 4.69) is 6.92 Å². The van der Waals surface area contributed by atoms with Crippen LogP contribution < -0.4 is 0 Å². The van der Waals surface area contributed by atoms with Crippen LogP contribution in [-0.2, 0) is 17.9 Å². The molecule has 1 unspecified atom stereocenters. The summed E-state index contributed by atoms with van der Waals surface area (Å²) >= 11 is 0. The van der Waals surface area contributed by atoms with Crippen molar-refractivity contribution in [3.63, 3.8) is 0 Å². The number of rotatable bonds is 6. The predicted octanol–water partition coefficient (Wildman–Crippen LogP) is 3.98. The van der Waals surface area contributed by atoms with Crippen LogP contribution in [0.1, 0.15) is 72.4 Å². The van der Waals surface area contributed by atoms with Gasteiger partial charge in [0.05, 0.1) is 17.3 Å². The third-order valence-corrected chi connectivity index (χ3v) is 5.13. The third kappa shape index (κ3) is 3.28. The Balaban J connectivity index is 2.02. The topological polar surface area (TPSA) is 64.2 Å². The molecule has 0 amide bonds. The highest BCUT2D eigenvalue weighted by Gasteiger charge is 2.30. The van der Waals surface area contributed by atoms with Crippen molar-refractivity contribution in [3.8, 4) is 0 Å². The Bertz CT molecular complexity index is 785. The largest absolute Gasteiger partial charge is 0.481 e. The lowest BCUT2D eigenvalue weighted by atomic mass is 9.99. The number of carbonyl (C=O) groups excluding carboxylic acids is 1. The van der Waals surface area contributed by atoms with E-state index in [0.29, 0.717) is 24.4 Å². The van der Waals surface area contributed by atoms with Gasteiger partial charge < -0.3 is 14.2 Å². The van der Waals surface area contributed by atoms with Gasteiger partial charge in [-0.05, 0) is 49.9 Å². The van der Waals surface area contributed by atoms with E-state index in [1.165, 1.54) is 0 Å². The predicted molar refractivity (Wildman–Crippen MR) is 96.2 cm³/mol. The first kappa shape index (κ1) is 17.5. The number of hydrogen-bond acceptors (Lipinski definition) is 2. The van der Waals surface area contributed by atoms with Crippen LogP contribution in [0.2, 0.25) is 0 Å². The van der Waals surface area contributed by atoms with E-state index in [-0.39, 0.29) is 5.78 Å². The van der Waals surface area contributed by atoms with E-state index in [0.717, 1.165) is 43.5 Å². The van der Waals surface area contributed by atoms with Crippen LogP contribution in [0.4, 0.5) is 0 Å². The zero-order valence-corrected chi connectivity index (χ0v) is 15.0. The van der Waals surface area contributed by atoms with E-state index in [4.69, 9.17) is 0 Å². The molecular weight excluding hydrogens is 316 g/mol. The number of carboxylic acid groups (broad SMARTS) is 1. The maximum absolute atomic E-state index is 13.2. The van der Waals surface area contributed by atoms with Crippen LogP contribution in [0.15, 0.2) is 24.4 Å². The number of hydrogen-bond donors (Lipinski definition) is 1. The Hall–Kier alpha value is -2.30. The van der Waals surface area contributed by atoms with Gasteiger partial charge in [0.2, 0.25) is 5.78 Å². The van der Waals surface area contributed by atoms with Gasteiger partial charge in [-0.25, -0.2) is 0 Å². The summed E-state index contributed by atoms with van der Waals surface area (Å²) in [7, 11) is 0. The van der Waals surface area contributed by atoms with E-state index < -0.39 is 11.9 Å². The quantitative estimate of drug-likeness (QED) is 0.808. The zero-order valence-electron chi connectivity index (χ0n) is 15.0. The summed E-state index contributed by atoms with van der Waals surface area (Å²) in [5.74, 6) is -1.32. The summed E-state index contributed by atoms with van der Waals surface area (Å²) in [5.41, 5.74) is 2.99. The first-order chi connectivity index (χ1) is 12.0.